The summed E-state index contributed by atoms with van der Waals surface area (Å²) in [4.78, 5) is 4.60. The molecule has 1 aliphatic carbocycles. The van der Waals surface area contributed by atoms with E-state index in [1.807, 2.05) is 0 Å². The fourth-order valence-electron chi connectivity index (χ4n) is 2.60. The van der Waals surface area contributed by atoms with Gasteiger partial charge in [0, 0.05) is 0 Å². The van der Waals surface area contributed by atoms with Crippen molar-refractivity contribution in [2.45, 2.75) is 38.1 Å². The Kier molecular flexibility index (Phi) is 2.87. The molecule has 0 aliphatic heterocycles. The molecule has 0 atom stereocenters. The average molecular weight is 264 g/mol. The number of nitrogens with two attached hydrogens (primary N) is 1. The van der Waals surface area contributed by atoms with Crippen LogP contribution in [0.15, 0.2) is 18.2 Å². The fraction of sp³-hybridized carbons (Fsp3) is 0.500. The smallest absolute Gasteiger partial charge is 0.124 e. The van der Waals surface area contributed by atoms with Crippen molar-refractivity contribution in [1.29, 1.82) is 0 Å². The number of fused-ring (bicyclic) bond motifs is 1. The second kappa shape index (κ2) is 4.28. The first-order valence-corrected chi connectivity index (χ1v) is 7.24. The Bertz CT molecular complexity index is 570. The molecule has 0 spiro atoms. The van der Waals surface area contributed by atoms with Crippen LogP contribution in [0, 0.1) is 11.7 Å². The minimum atomic E-state index is -0.299. The number of hydrogen-bond acceptors (Lipinski definition) is 3. The number of thiazole rings is 1. The topological polar surface area (TPSA) is 38.9 Å². The van der Waals surface area contributed by atoms with Crippen LogP contribution in [0.1, 0.15) is 37.6 Å². The van der Waals surface area contributed by atoms with Crippen LogP contribution < -0.4 is 5.73 Å². The van der Waals surface area contributed by atoms with Gasteiger partial charge in [-0.25, -0.2) is 9.37 Å². The van der Waals surface area contributed by atoms with Gasteiger partial charge >= 0.3 is 0 Å². The van der Waals surface area contributed by atoms with Crippen LogP contribution >= 0.6 is 11.3 Å². The second-order valence-electron chi connectivity index (χ2n) is 5.47. The molecule has 4 heteroatoms. The van der Waals surface area contributed by atoms with E-state index in [-0.39, 0.29) is 11.4 Å². The summed E-state index contributed by atoms with van der Waals surface area (Å²) in [5, 5.41) is 0.968. The summed E-state index contributed by atoms with van der Waals surface area (Å²) in [6.45, 7) is 2.27. The number of halogens is 1. The van der Waals surface area contributed by atoms with Crippen molar-refractivity contribution in [1.82, 2.24) is 4.98 Å². The maximum atomic E-state index is 13.2. The average Bonchev–Trinajstić information content (AvgIpc) is 2.77. The van der Waals surface area contributed by atoms with Crippen LogP contribution in [0.2, 0.25) is 0 Å². The van der Waals surface area contributed by atoms with Gasteiger partial charge < -0.3 is 5.73 Å². The fourth-order valence-corrected chi connectivity index (χ4v) is 3.75. The molecule has 2 aromatic rings. The van der Waals surface area contributed by atoms with E-state index in [0.29, 0.717) is 0 Å². The molecule has 1 aromatic heterocycles. The Morgan fingerprint density at radius 3 is 2.83 bits per heavy atom. The lowest BCUT2D eigenvalue weighted by Gasteiger charge is -2.34. The molecule has 2 N–H and O–H groups in total. The van der Waals surface area contributed by atoms with E-state index in [2.05, 4.69) is 11.9 Å². The standard InChI is InChI=1S/C14H17FN2S/c1-9-4-6-14(16,7-5-9)13-17-11-3-2-10(15)8-12(11)18-13/h2-3,8-9H,4-7,16H2,1H3. The molecule has 1 aliphatic rings. The molecule has 2 nitrogen and oxygen atoms in total. The summed E-state index contributed by atoms with van der Waals surface area (Å²) in [7, 11) is 0. The third-order valence-electron chi connectivity index (χ3n) is 3.94. The maximum Gasteiger partial charge on any atom is 0.124 e. The molecular weight excluding hydrogens is 247 g/mol. The molecule has 1 aromatic carbocycles. The number of rotatable bonds is 1. The molecule has 3 rings (SSSR count). The van der Waals surface area contributed by atoms with E-state index in [0.717, 1.165) is 46.8 Å². The lowest BCUT2D eigenvalue weighted by Crippen LogP contribution is -2.40. The van der Waals surface area contributed by atoms with Crippen LogP contribution in [-0.4, -0.2) is 4.98 Å². The van der Waals surface area contributed by atoms with E-state index >= 15 is 0 Å². The Morgan fingerprint density at radius 2 is 2.11 bits per heavy atom. The second-order valence-corrected chi connectivity index (χ2v) is 6.50. The molecule has 1 saturated carbocycles. The van der Waals surface area contributed by atoms with Gasteiger partial charge in [0.25, 0.3) is 0 Å². The first-order valence-electron chi connectivity index (χ1n) is 6.42. The largest absolute Gasteiger partial charge is 0.319 e. The summed E-state index contributed by atoms with van der Waals surface area (Å²) in [5.74, 6) is 0.550. The lowest BCUT2D eigenvalue weighted by molar-refractivity contribution is 0.247. The molecule has 1 fully saturated rings. The molecule has 18 heavy (non-hydrogen) atoms. The van der Waals surface area contributed by atoms with E-state index in [1.165, 1.54) is 6.07 Å². The molecule has 96 valence electrons. The Morgan fingerprint density at radius 1 is 1.39 bits per heavy atom. The highest BCUT2D eigenvalue weighted by Crippen LogP contribution is 2.40. The van der Waals surface area contributed by atoms with Crippen molar-refractivity contribution in [2.24, 2.45) is 11.7 Å². The summed E-state index contributed by atoms with van der Waals surface area (Å²) >= 11 is 1.54. The van der Waals surface area contributed by atoms with Crippen LogP contribution in [-0.2, 0) is 5.54 Å². The predicted molar refractivity (Wildman–Crippen MR) is 73.1 cm³/mol. The van der Waals surface area contributed by atoms with Crippen molar-refractivity contribution in [3.63, 3.8) is 0 Å². The van der Waals surface area contributed by atoms with Crippen molar-refractivity contribution < 1.29 is 4.39 Å². The van der Waals surface area contributed by atoms with E-state index in [1.54, 1.807) is 23.5 Å². The van der Waals surface area contributed by atoms with Gasteiger partial charge in [0.1, 0.15) is 10.8 Å². The summed E-state index contributed by atoms with van der Waals surface area (Å²) in [6, 6.07) is 4.74. The summed E-state index contributed by atoms with van der Waals surface area (Å²) in [5.41, 5.74) is 7.06. The molecular formula is C14H17FN2S. The first-order chi connectivity index (χ1) is 8.57. The highest BCUT2D eigenvalue weighted by Gasteiger charge is 2.34. The van der Waals surface area contributed by atoms with Crippen LogP contribution in [0.3, 0.4) is 0 Å². The molecule has 0 saturated heterocycles. The third-order valence-corrected chi connectivity index (χ3v) is 5.18. The normalized spacial score (nSPS) is 28.7. The van der Waals surface area contributed by atoms with Crippen molar-refractivity contribution >= 4 is 21.6 Å². The Balaban J connectivity index is 1.98. The van der Waals surface area contributed by atoms with Gasteiger partial charge in [-0.15, -0.1) is 11.3 Å². The Labute approximate surface area is 110 Å². The number of hydrogen-bond donors (Lipinski definition) is 1. The Hall–Kier alpha value is -1.000. The molecule has 0 bridgehead atoms. The quantitative estimate of drug-likeness (QED) is 0.851. The molecule has 0 unspecified atom stereocenters. The van der Waals surface area contributed by atoms with Gasteiger partial charge in [-0.05, 0) is 49.8 Å². The van der Waals surface area contributed by atoms with Crippen LogP contribution in [0.4, 0.5) is 4.39 Å². The highest BCUT2D eigenvalue weighted by atomic mass is 32.1. The molecule has 0 amide bonds. The van der Waals surface area contributed by atoms with Gasteiger partial charge in [-0.2, -0.15) is 0 Å². The van der Waals surface area contributed by atoms with E-state index in [4.69, 9.17) is 5.73 Å². The number of nitrogens with zero attached hydrogens (tertiary/aromatic N) is 1. The van der Waals surface area contributed by atoms with Crippen LogP contribution in [0.5, 0.6) is 0 Å². The van der Waals surface area contributed by atoms with Gasteiger partial charge in [-0.1, -0.05) is 6.92 Å². The zero-order valence-electron chi connectivity index (χ0n) is 10.4. The van der Waals surface area contributed by atoms with Crippen molar-refractivity contribution in [3.8, 4) is 0 Å². The first kappa shape index (κ1) is 12.1. The highest BCUT2D eigenvalue weighted by molar-refractivity contribution is 7.18. The van der Waals surface area contributed by atoms with Gasteiger partial charge in [0.05, 0.1) is 15.8 Å². The van der Waals surface area contributed by atoms with Crippen LogP contribution in [0.25, 0.3) is 10.2 Å². The van der Waals surface area contributed by atoms with Crippen molar-refractivity contribution in [2.75, 3.05) is 0 Å². The molecule has 1 heterocycles. The van der Waals surface area contributed by atoms with Gasteiger partial charge in [-0.3, -0.25) is 0 Å². The predicted octanol–water partition coefficient (Wildman–Crippen LogP) is 3.80. The summed E-state index contributed by atoms with van der Waals surface area (Å²) < 4.78 is 14.1. The number of benzene rings is 1. The third kappa shape index (κ3) is 2.04. The zero-order chi connectivity index (χ0) is 12.8. The monoisotopic (exact) mass is 264 g/mol. The maximum absolute atomic E-state index is 13.2. The zero-order valence-corrected chi connectivity index (χ0v) is 11.3. The minimum absolute atomic E-state index is 0.207. The molecule has 0 radical (unpaired) electrons. The number of aromatic nitrogens is 1. The minimum Gasteiger partial charge on any atom is -0.319 e. The van der Waals surface area contributed by atoms with Gasteiger partial charge in [0.15, 0.2) is 0 Å². The summed E-state index contributed by atoms with van der Waals surface area (Å²) in [6.07, 6.45) is 4.27. The lowest BCUT2D eigenvalue weighted by atomic mass is 9.78. The van der Waals surface area contributed by atoms with Gasteiger partial charge in [0.2, 0.25) is 0 Å². The van der Waals surface area contributed by atoms with E-state index < -0.39 is 0 Å². The van der Waals surface area contributed by atoms with E-state index in [9.17, 15) is 4.39 Å². The van der Waals surface area contributed by atoms with Crippen molar-refractivity contribution in [3.05, 3.63) is 29.0 Å². The SMILES string of the molecule is CC1CCC(N)(c2nc3ccc(F)cc3s2)CC1.